The Bertz CT molecular complexity index is 1150. The minimum Gasteiger partial charge on any atom is -0.456 e. The number of nitrogens with two attached hydrogens (primary N) is 1. The zero-order valence-electron chi connectivity index (χ0n) is 18.7. The SMILES string of the molecule is Cc1ccc(S(=O)(=O)N2CC=C(Sc3ccccc3)C(C(=O)OC(C)(C)C)=C(N)C2)cc1. The average Bonchev–Trinajstić information content (AvgIpc) is 2.87. The first kappa shape index (κ1) is 24.1. The van der Waals surface area contributed by atoms with Crippen LogP contribution in [0.3, 0.4) is 0 Å². The first-order valence-corrected chi connectivity index (χ1v) is 12.5. The molecule has 0 unspecified atom stereocenters. The smallest absolute Gasteiger partial charge is 0.341 e. The number of aryl methyl sites for hydroxylation is 1. The highest BCUT2D eigenvalue weighted by atomic mass is 32.2. The van der Waals surface area contributed by atoms with Gasteiger partial charge in [-0.1, -0.05) is 53.7 Å². The van der Waals surface area contributed by atoms with Gasteiger partial charge < -0.3 is 10.5 Å². The molecular formula is C24H28N2O4S2. The number of thioether (sulfide) groups is 1. The molecule has 170 valence electrons. The molecule has 0 radical (unpaired) electrons. The molecular weight excluding hydrogens is 444 g/mol. The summed E-state index contributed by atoms with van der Waals surface area (Å²) in [4.78, 5) is 14.7. The van der Waals surface area contributed by atoms with Gasteiger partial charge in [0.2, 0.25) is 10.0 Å². The Balaban J connectivity index is 2.02. The van der Waals surface area contributed by atoms with Crippen molar-refractivity contribution in [3.63, 3.8) is 0 Å². The zero-order valence-corrected chi connectivity index (χ0v) is 20.3. The maximum absolute atomic E-state index is 13.3. The molecule has 0 saturated heterocycles. The van der Waals surface area contributed by atoms with Gasteiger partial charge in [0.15, 0.2) is 0 Å². The molecule has 6 nitrogen and oxygen atoms in total. The van der Waals surface area contributed by atoms with E-state index in [1.807, 2.05) is 37.3 Å². The van der Waals surface area contributed by atoms with Crippen molar-refractivity contribution >= 4 is 27.8 Å². The van der Waals surface area contributed by atoms with Crippen LogP contribution in [0.1, 0.15) is 26.3 Å². The molecule has 32 heavy (non-hydrogen) atoms. The lowest BCUT2D eigenvalue weighted by Gasteiger charge is -2.22. The number of sulfonamides is 1. The lowest BCUT2D eigenvalue weighted by molar-refractivity contribution is -0.149. The average molecular weight is 473 g/mol. The summed E-state index contributed by atoms with van der Waals surface area (Å²) in [5, 5.41) is 0. The van der Waals surface area contributed by atoms with Gasteiger partial charge in [0, 0.05) is 22.0 Å². The Morgan fingerprint density at radius 2 is 1.69 bits per heavy atom. The molecule has 2 aromatic rings. The van der Waals surface area contributed by atoms with E-state index in [0.29, 0.717) is 4.91 Å². The van der Waals surface area contributed by atoms with Crippen LogP contribution in [-0.4, -0.2) is 37.4 Å². The van der Waals surface area contributed by atoms with Gasteiger partial charge in [-0.15, -0.1) is 0 Å². The van der Waals surface area contributed by atoms with Gasteiger partial charge in [0.1, 0.15) is 5.60 Å². The lowest BCUT2D eigenvalue weighted by atomic mass is 10.1. The van der Waals surface area contributed by atoms with E-state index in [4.69, 9.17) is 10.5 Å². The van der Waals surface area contributed by atoms with Crippen LogP contribution in [0.15, 0.2) is 86.6 Å². The van der Waals surface area contributed by atoms with Crippen molar-refractivity contribution in [3.05, 3.63) is 82.4 Å². The van der Waals surface area contributed by atoms with E-state index in [0.717, 1.165) is 10.5 Å². The molecule has 2 N–H and O–H groups in total. The van der Waals surface area contributed by atoms with E-state index in [1.54, 1.807) is 51.1 Å². The molecule has 3 rings (SSSR count). The third-order valence-electron chi connectivity index (χ3n) is 4.63. The van der Waals surface area contributed by atoms with Gasteiger partial charge in [-0.05, 0) is 52.0 Å². The summed E-state index contributed by atoms with van der Waals surface area (Å²) in [5.41, 5.74) is 6.96. The van der Waals surface area contributed by atoms with E-state index in [-0.39, 0.29) is 29.3 Å². The predicted octanol–water partition coefficient (Wildman–Crippen LogP) is 4.23. The van der Waals surface area contributed by atoms with Gasteiger partial charge in [-0.25, -0.2) is 13.2 Å². The maximum Gasteiger partial charge on any atom is 0.341 e. The van der Waals surface area contributed by atoms with Crippen LogP contribution in [0.25, 0.3) is 0 Å². The van der Waals surface area contributed by atoms with Crippen LogP contribution >= 0.6 is 11.8 Å². The minimum absolute atomic E-state index is 0.0817. The Morgan fingerprint density at radius 3 is 2.28 bits per heavy atom. The van der Waals surface area contributed by atoms with E-state index >= 15 is 0 Å². The number of benzene rings is 2. The molecule has 0 atom stereocenters. The fourth-order valence-electron chi connectivity index (χ4n) is 3.09. The van der Waals surface area contributed by atoms with Crippen molar-refractivity contribution in [1.29, 1.82) is 0 Å². The molecule has 0 aromatic heterocycles. The molecule has 1 aliphatic heterocycles. The Morgan fingerprint density at radius 1 is 1.06 bits per heavy atom. The monoisotopic (exact) mass is 472 g/mol. The van der Waals surface area contributed by atoms with Crippen LogP contribution < -0.4 is 5.73 Å². The van der Waals surface area contributed by atoms with Crippen molar-refractivity contribution < 1.29 is 17.9 Å². The highest BCUT2D eigenvalue weighted by Crippen LogP contribution is 2.36. The summed E-state index contributed by atoms with van der Waals surface area (Å²) < 4.78 is 33.4. The maximum atomic E-state index is 13.3. The standard InChI is InChI=1S/C24H28N2O4S2/c1-17-10-12-19(13-11-17)32(28,29)26-15-14-21(31-18-8-6-5-7-9-18)22(20(25)16-26)23(27)30-24(2,3)4/h5-14H,15-16,25H2,1-4H3. The largest absolute Gasteiger partial charge is 0.456 e. The number of rotatable bonds is 5. The molecule has 0 aliphatic carbocycles. The fourth-order valence-corrected chi connectivity index (χ4v) is 5.47. The summed E-state index contributed by atoms with van der Waals surface area (Å²) >= 11 is 1.36. The van der Waals surface area contributed by atoms with Gasteiger partial charge in [0.05, 0.1) is 17.0 Å². The van der Waals surface area contributed by atoms with Crippen molar-refractivity contribution in [3.8, 4) is 0 Å². The second kappa shape index (κ2) is 9.52. The Hall–Kier alpha value is -2.55. The first-order chi connectivity index (χ1) is 15.0. The summed E-state index contributed by atoms with van der Waals surface area (Å²) in [6.07, 6.45) is 1.72. The summed E-state index contributed by atoms with van der Waals surface area (Å²) in [6.45, 7) is 7.20. The van der Waals surface area contributed by atoms with Gasteiger partial charge in [-0.2, -0.15) is 4.31 Å². The van der Waals surface area contributed by atoms with Crippen molar-refractivity contribution in [1.82, 2.24) is 4.31 Å². The molecule has 2 aromatic carbocycles. The first-order valence-electron chi connectivity index (χ1n) is 10.2. The number of carbonyl (C=O) groups is 1. The number of esters is 1. The van der Waals surface area contributed by atoms with Gasteiger partial charge >= 0.3 is 5.97 Å². The van der Waals surface area contributed by atoms with Crippen LogP contribution in [0.5, 0.6) is 0 Å². The van der Waals surface area contributed by atoms with E-state index < -0.39 is 21.6 Å². The second-order valence-electron chi connectivity index (χ2n) is 8.50. The third kappa shape index (κ3) is 5.82. The molecule has 0 saturated carbocycles. The molecule has 8 heteroatoms. The third-order valence-corrected chi connectivity index (χ3v) is 7.55. The van der Waals surface area contributed by atoms with Crippen LogP contribution in [0.2, 0.25) is 0 Å². The number of hydrogen-bond donors (Lipinski definition) is 1. The molecule has 0 fully saturated rings. The molecule has 0 amide bonds. The number of hydrogen-bond acceptors (Lipinski definition) is 6. The van der Waals surface area contributed by atoms with Crippen LogP contribution in [0, 0.1) is 6.92 Å². The van der Waals surface area contributed by atoms with Crippen LogP contribution in [0.4, 0.5) is 0 Å². The summed E-state index contributed by atoms with van der Waals surface area (Å²) in [6, 6.07) is 16.2. The molecule has 1 heterocycles. The summed E-state index contributed by atoms with van der Waals surface area (Å²) in [7, 11) is -3.80. The minimum atomic E-state index is -3.80. The number of ether oxygens (including phenoxy) is 1. The predicted molar refractivity (Wildman–Crippen MR) is 127 cm³/mol. The highest BCUT2D eigenvalue weighted by Gasteiger charge is 2.32. The summed E-state index contributed by atoms with van der Waals surface area (Å²) in [5.74, 6) is -0.570. The van der Waals surface area contributed by atoms with Crippen molar-refractivity contribution in [2.24, 2.45) is 5.73 Å². The van der Waals surface area contributed by atoms with E-state index in [1.165, 1.54) is 16.1 Å². The molecule has 0 bridgehead atoms. The van der Waals surface area contributed by atoms with Gasteiger partial charge in [0.25, 0.3) is 0 Å². The second-order valence-corrected chi connectivity index (χ2v) is 11.5. The Labute approximate surface area is 194 Å². The van der Waals surface area contributed by atoms with Crippen LogP contribution in [-0.2, 0) is 19.6 Å². The lowest BCUT2D eigenvalue weighted by Crippen LogP contribution is -2.35. The fraction of sp³-hybridized carbons (Fsp3) is 0.292. The number of carbonyl (C=O) groups excluding carboxylic acids is 1. The zero-order chi connectivity index (χ0) is 23.5. The number of nitrogens with zero attached hydrogens (tertiary/aromatic N) is 1. The van der Waals surface area contributed by atoms with Crippen molar-refractivity contribution in [2.75, 3.05) is 13.1 Å². The van der Waals surface area contributed by atoms with Crippen molar-refractivity contribution in [2.45, 2.75) is 43.1 Å². The normalized spacial score (nSPS) is 15.8. The molecule has 0 spiro atoms. The van der Waals surface area contributed by atoms with E-state index in [2.05, 4.69) is 0 Å². The molecule has 1 aliphatic rings. The van der Waals surface area contributed by atoms with E-state index in [9.17, 15) is 13.2 Å². The van der Waals surface area contributed by atoms with Gasteiger partial charge in [-0.3, -0.25) is 0 Å². The highest BCUT2D eigenvalue weighted by molar-refractivity contribution is 8.03. The quantitative estimate of drug-likeness (QED) is 0.655. The Kier molecular flexibility index (Phi) is 7.17. The topological polar surface area (TPSA) is 89.7 Å².